The Morgan fingerprint density at radius 1 is 0.310 bits per heavy atom. The summed E-state index contributed by atoms with van der Waals surface area (Å²) in [6.45, 7) is 6.47. The predicted octanol–water partition coefficient (Wildman–Crippen LogP) is 20.1. The lowest BCUT2D eigenvalue weighted by molar-refractivity contribution is -0.167. The molecule has 0 spiro atoms. The Morgan fingerprint density at radius 3 is 1.01 bits per heavy atom. The summed E-state index contributed by atoms with van der Waals surface area (Å²) in [7, 11) is 0. The van der Waals surface area contributed by atoms with Crippen LogP contribution in [0.25, 0.3) is 0 Å². The molecule has 6 heteroatoms. The standard InChI is InChI=1S/C65H110O6/c1-4-7-10-13-16-19-22-25-28-31-34-37-40-43-46-49-52-55-58-64(67)70-61-62(60-69-63(66)57-54-51-48-45-42-39-36-33-30-27-24-21-18-15-12-9-6-3)71-65(68)59-56-53-50-47-44-41-38-35-32-29-26-23-20-17-14-11-8-5-2/h9,12,18,21,27-28,30-31,34-39,45,48,62H,4-8,10-11,13-17,19-20,22-26,29,32-33,40-44,46-47,49-61H2,1-3H3/b12-9-,21-18-,30-27-,31-28-,37-34-,38-35-,39-36-,48-45-. The van der Waals surface area contributed by atoms with E-state index in [9.17, 15) is 14.4 Å². The number of hydrogen-bond donors (Lipinski definition) is 0. The number of carbonyl (C=O) groups is 3. The van der Waals surface area contributed by atoms with Gasteiger partial charge in [0.25, 0.3) is 0 Å². The van der Waals surface area contributed by atoms with Crippen LogP contribution in [0.4, 0.5) is 0 Å². The van der Waals surface area contributed by atoms with Crippen molar-refractivity contribution in [2.24, 2.45) is 0 Å². The zero-order valence-electron chi connectivity index (χ0n) is 46.5. The summed E-state index contributed by atoms with van der Waals surface area (Å²) in [5.41, 5.74) is 0. The van der Waals surface area contributed by atoms with Crippen LogP contribution in [-0.2, 0) is 28.6 Å². The molecule has 71 heavy (non-hydrogen) atoms. The van der Waals surface area contributed by atoms with Crippen molar-refractivity contribution in [2.75, 3.05) is 13.2 Å². The van der Waals surface area contributed by atoms with Gasteiger partial charge in [0, 0.05) is 19.3 Å². The van der Waals surface area contributed by atoms with Gasteiger partial charge in [-0.15, -0.1) is 0 Å². The van der Waals surface area contributed by atoms with Gasteiger partial charge in [0.2, 0.25) is 0 Å². The van der Waals surface area contributed by atoms with Gasteiger partial charge in [0.1, 0.15) is 13.2 Å². The van der Waals surface area contributed by atoms with Gasteiger partial charge in [-0.25, -0.2) is 0 Å². The molecule has 0 aromatic carbocycles. The number of carbonyl (C=O) groups excluding carboxylic acids is 3. The molecule has 1 atom stereocenters. The Hall–Kier alpha value is -3.67. The van der Waals surface area contributed by atoms with E-state index in [2.05, 4.69) is 118 Å². The van der Waals surface area contributed by atoms with Crippen LogP contribution in [0.2, 0.25) is 0 Å². The van der Waals surface area contributed by atoms with E-state index in [0.29, 0.717) is 19.3 Å². The highest BCUT2D eigenvalue weighted by Crippen LogP contribution is 2.14. The van der Waals surface area contributed by atoms with E-state index in [1.807, 2.05) is 0 Å². The van der Waals surface area contributed by atoms with Crippen LogP contribution in [-0.4, -0.2) is 37.2 Å². The number of ether oxygens (including phenoxy) is 3. The molecule has 0 saturated heterocycles. The van der Waals surface area contributed by atoms with E-state index < -0.39 is 6.10 Å². The monoisotopic (exact) mass is 987 g/mol. The molecule has 0 N–H and O–H groups in total. The van der Waals surface area contributed by atoms with E-state index in [0.717, 1.165) is 109 Å². The fraction of sp³-hybridized carbons (Fsp3) is 0.708. The van der Waals surface area contributed by atoms with Gasteiger partial charge in [0.05, 0.1) is 0 Å². The zero-order valence-corrected chi connectivity index (χ0v) is 46.5. The highest BCUT2D eigenvalue weighted by atomic mass is 16.6. The van der Waals surface area contributed by atoms with E-state index in [1.54, 1.807) is 0 Å². The number of hydrogen-bond acceptors (Lipinski definition) is 6. The lowest BCUT2D eigenvalue weighted by Crippen LogP contribution is -2.30. The molecule has 0 bridgehead atoms. The van der Waals surface area contributed by atoms with Gasteiger partial charge in [-0.2, -0.15) is 0 Å². The Morgan fingerprint density at radius 2 is 0.606 bits per heavy atom. The van der Waals surface area contributed by atoms with Crippen LogP contribution in [0, 0.1) is 0 Å². The minimum atomic E-state index is -0.813. The van der Waals surface area contributed by atoms with Crippen LogP contribution in [0.15, 0.2) is 97.2 Å². The van der Waals surface area contributed by atoms with Crippen LogP contribution in [0.5, 0.6) is 0 Å². The first kappa shape index (κ1) is 67.3. The normalized spacial score (nSPS) is 12.8. The minimum absolute atomic E-state index is 0.107. The largest absolute Gasteiger partial charge is 0.462 e. The fourth-order valence-electron chi connectivity index (χ4n) is 8.11. The van der Waals surface area contributed by atoms with Crippen molar-refractivity contribution in [3.05, 3.63) is 97.2 Å². The first-order chi connectivity index (χ1) is 35.0. The molecule has 0 amide bonds. The van der Waals surface area contributed by atoms with Gasteiger partial charge in [-0.3, -0.25) is 14.4 Å². The van der Waals surface area contributed by atoms with Gasteiger partial charge in [0.15, 0.2) is 6.10 Å². The Balaban J connectivity index is 4.51. The van der Waals surface area contributed by atoms with E-state index in [-0.39, 0.29) is 37.5 Å². The van der Waals surface area contributed by atoms with Crippen molar-refractivity contribution in [3.8, 4) is 0 Å². The molecule has 6 nitrogen and oxygen atoms in total. The van der Waals surface area contributed by atoms with E-state index >= 15 is 0 Å². The number of rotatable bonds is 53. The highest BCUT2D eigenvalue weighted by Gasteiger charge is 2.19. The van der Waals surface area contributed by atoms with Crippen molar-refractivity contribution in [1.82, 2.24) is 0 Å². The first-order valence-electron chi connectivity index (χ1n) is 29.8. The summed E-state index contributed by atoms with van der Waals surface area (Å²) in [5, 5.41) is 0. The van der Waals surface area contributed by atoms with Gasteiger partial charge < -0.3 is 14.2 Å². The molecule has 0 heterocycles. The molecule has 0 saturated carbocycles. The molecular weight excluding hydrogens is 877 g/mol. The quantitative estimate of drug-likeness (QED) is 0.0199. The second kappa shape index (κ2) is 58.9. The molecular formula is C65H110O6. The lowest BCUT2D eigenvalue weighted by atomic mass is 10.1. The molecule has 0 rings (SSSR count). The van der Waals surface area contributed by atoms with Gasteiger partial charge in [-0.1, -0.05) is 246 Å². The van der Waals surface area contributed by atoms with Crippen LogP contribution in [0.3, 0.4) is 0 Å². The fourth-order valence-corrected chi connectivity index (χ4v) is 8.11. The maximum Gasteiger partial charge on any atom is 0.306 e. The smallest absolute Gasteiger partial charge is 0.306 e. The minimum Gasteiger partial charge on any atom is -0.462 e. The molecule has 0 aliphatic rings. The average molecular weight is 988 g/mol. The van der Waals surface area contributed by atoms with Gasteiger partial charge >= 0.3 is 17.9 Å². The average Bonchev–Trinajstić information content (AvgIpc) is 3.37. The lowest BCUT2D eigenvalue weighted by Gasteiger charge is -2.18. The van der Waals surface area contributed by atoms with Crippen LogP contribution in [0.1, 0.15) is 278 Å². The molecule has 1 unspecified atom stereocenters. The van der Waals surface area contributed by atoms with Crippen molar-refractivity contribution in [3.63, 3.8) is 0 Å². The van der Waals surface area contributed by atoms with E-state index in [4.69, 9.17) is 14.2 Å². The van der Waals surface area contributed by atoms with Gasteiger partial charge in [-0.05, 0) is 109 Å². The summed E-state index contributed by atoms with van der Waals surface area (Å²) in [6.07, 6.45) is 78.3. The van der Waals surface area contributed by atoms with Crippen LogP contribution >= 0.6 is 0 Å². The van der Waals surface area contributed by atoms with Crippen molar-refractivity contribution >= 4 is 17.9 Å². The maximum absolute atomic E-state index is 12.9. The van der Waals surface area contributed by atoms with Crippen molar-refractivity contribution < 1.29 is 28.6 Å². The third kappa shape index (κ3) is 57.1. The molecule has 0 aliphatic carbocycles. The first-order valence-corrected chi connectivity index (χ1v) is 29.8. The summed E-state index contributed by atoms with van der Waals surface area (Å²) in [5.74, 6) is -0.984. The third-order valence-electron chi connectivity index (χ3n) is 12.6. The molecule has 0 fully saturated rings. The molecule has 0 aromatic rings. The number of allylic oxidation sites excluding steroid dienone is 16. The summed E-state index contributed by atoms with van der Waals surface area (Å²) < 4.78 is 16.8. The van der Waals surface area contributed by atoms with E-state index in [1.165, 1.54) is 122 Å². The zero-order chi connectivity index (χ0) is 51.4. The second-order valence-corrected chi connectivity index (χ2v) is 19.5. The molecule has 0 radical (unpaired) electrons. The predicted molar refractivity (Wildman–Crippen MR) is 307 cm³/mol. The summed E-state index contributed by atoms with van der Waals surface area (Å²) >= 11 is 0. The van der Waals surface area contributed by atoms with Crippen LogP contribution < -0.4 is 0 Å². The Labute approximate surface area is 438 Å². The SMILES string of the molecule is CC/C=C\C/C=C\C/C=C\C/C=C\C/C=C\CCCC(=O)OCC(COC(=O)CCCCCCC/C=C\C=C/CCCCCCCCC)OC(=O)CCCCCCC/C=C\CCCCCCCCCCC. The molecule has 0 aliphatic heterocycles. The second-order valence-electron chi connectivity index (χ2n) is 19.5. The summed E-state index contributed by atoms with van der Waals surface area (Å²) in [6, 6.07) is 0. The Bertz CT molecular complexity index is 1410. The number of esters is 3. The Kier molecular flexibility index (Phi) is 55.9. The highest BCUT2D eigenvalue weighted by molar-refractivity contribution is 5.71. The molecule has 0 aromatic heterocycles. The third-order valence-corrected chi connectivity index (χ3v) is 12.6. The van der Waals surface area contributed by atoms with Crippen molar-refractivity contribution in [2.45, 2.75) is 284 Å². The number of unbranched alkanes of at least 4 members (excludes halogenated alkanes) is 27. The van der Waals surface area contributed by atoms with Crippen molar-refractivity contribution in [1.29, 1.82) is 0 Å². The topological polar surface area (TPSA) is 78.9 Å². The maximum atomic E-state index is 12.9. The molecule has 406 valence electrons. The summed E-state index contributed by atoms with van der Waals surface area (Å²) in [4.78, 5) is 38.2.